The molecule has 2 amide bonds. The molecule has 0 fully saturated rings. The number of esters is 1. The van der Waals surface area contributed by atoms with Crippen LogP contribution in [0.1, 0.15) is 115 Å². The lowest BCUT2D eigenvalue weighted by atomic mass is 9.94. The average Bonchev–Trinajstić information content (AvgIpc) is 3.62. The molecule has 4 aromatic carbocycles. The Morgan fingerprint density at radius 3 is 1.77 bits per heavy atom. The highest BCUT2D eigenvalue weighted by atomic mass is 35.5. The molecule has 2 atom stereocenters. The molecule has 6 aromatic rings. The number of thioether (sulfide) groups is 2. The van der Waals surface area contributed by atoms with E-state index >= 15 is 0 Å². The van der Waals surface area contributed by atoms with Crippen LogP contribution in [0.2, 0.25) is 5.02 Å². The van der Waals surface area contributed by atoms with E-state index in [-0.39, 0.29) is 53.1 Å². The first-order valence-electron chi connectivity index (χ1n) is 23.4. The first-order valence-corrected chi connectivity index (χ1v) is 25.8. The number of benzene rings is 4. The Morgan fingerprint density at radius 2 is 1.17 bits per heavy atom. The monoisotopic (exact) mass is 1010 g/mol. The molecule has 17 heteroatoms. The van der Waals surface area contributed by atoms with Crippen LogP contribution in [-0.2, 0) is 21.0 Å². The highest BCUT2D eigenvalue weighted by molar-refractivity contribution is 7.98. The van der Waals surface area contributed by atoms with E-state index in [4.69, 9.17) is 21.1 Å². The zero-order valence-electron chi connectivity index (χ0n) is 40.5. The molecule has 368 valence electrons. The van der Waals surface area contributed by atoms with Gasteiger partial charge in [-0.2, -0.15) is 0 Å². The topological polar surface area (TPSA) is 147 Å². The molecule has 0 aliphatic carbocycles. The number of hydrogen-bond donors (Lipinski definition) is 1. The first-order chi connectivity index (χ1) is 34.0. The van der Waals surface area contributed by atoms with Gasteiger partial charge in [0.2, 0.25) is 23.4 Å². The lowest BCUT2D eigenvalue weighted by Gasteiger charge is -2.45. The largest absolute Gasteiger partial charge is 0.502 e. The van der Waals surface area contributed by atoms with Gasteiger partial charge in [0.25, 0.3) is 11.8 Å². The van der Waals surface area contributed by atoms with Crippen molar-refractivity contribution in [2.24, 2.45) is 5.41 Å². The van der Waals surface area contributed by atoms with E-state index in [1.54, 1.807) is 75.8 Å². The fourth-order valence-electron chi connectivity index (χ4n) is 9.28. The summed E-state index contributed by atoms with van der Waals surface area (Å²) < 4.78 is 14.4. The van der Waals surface area contributed by atoms with Gasteiger partial charge in [0.1, 0.15) is 13.3 Å². The summed E-state index contributed by atoms with van der Waals surface area (Å²) in [5, 5.41) is 15.4. The van der Waals surface area contributed by atoms with E-state index in [0.717, 1.165) is 44.2 Å². The van der Waals surface area contributed by atoms with Crippen LogP contribution in [0.3, 0.4) is 0 Å². The molecule has 0 radical (unpaired) electrons. The molecular formula is C54H55ClN6O8S2. The maximum atomic E-state index is 13.8. The summed E-state index contributed by atoms with van der Waals surface area (Å²) in [5.74, 6) is -0.261. The maximum absolute atomic E-state index is 13.8. The summed E-state index contributed by atoms with van der Waals surface area (Å²) in [6.45, 7) is 13.1. The van der Waals surface area contributed by atoms with Crippen LogP contribution in [0.25, 0.3) is 0 Å². The van der Waals surface area contributed by atoms with Gasteiger partial charge in [-0.05, 0) is 100 Å². The minimum atomic E-state index is -0.728. The Bertz CT molecular complexity index is 3140. The number of ether oxygens (including phenoxy) is 2. The maximum Gasteiger partial charge on any atom is 0.314 e. The van der Waals surface area contributed by atoms with E-state index in [9.17, 15) is 29.1 Å². The number of nitrogens with zero attached hydrogens (tertiary/aromatic N) is 6. The fourth-order valence-corrected chi connectivity index (χ4v) is 11.8. The quantitative estimate of drug-likeness (QED) is 0.120. The van der Waals surface area contributed by atoms with Gasteiger partial charge in [-0.3, -0.25) is 43.3 Å². The van der Waals surface area contributed by atoms with Crippen molar-refractivity contribution in [1.82, 2.24) is 19.2 Å². The van der Waals surface area contributed by atoms with Gasteiger partial charge < -0.3 is 24.4 Å². The molecule has 1 N–H and O–H groups in total. The Kier molecular flexibility index (Phi) is 13.8. The number of carbonyl (C=O) groups excluding carboxylic acids is 3. The summed E-state index contributed by atoms with van der Waals surface area (Å²) in [5.41, 5.74) is 4.98. The van der Waals surface area contributed by atoms with Gasteiger partial charge in [-0.15, -0.1) is 23.5 Å². The van der Waals surface area contributed by atoms with Crippen molar-refractivity contribution < 1.29 is 29.0 Å². The Hall–Kier alpha value is -6.62. The van der Waals surface area contributed by atoms with Crippen LogP contribution in [0.5, 0.6) is 11.5 Å². The molecule has 2 aromatic heterocycles. The molecule has 4 aliphatic rings. The summed E-state index contributed by atoms with van der Waals surface area (Å²) in [7, 11) is 0. The van der Waals surface area contributed by atoms with Gasteiger partial charge in [-0.25, -0.2) is 0 Å². The van der Waals surface area contributed by atoms with Crippen molar-refractivity contribution in [3.05, 3.63) is 186 Å². The summed E-state index contributed by atoms with van der Waals surface area (Å²) in [6, 6.07) is 32.7. The van der Waals surface area contributed by atoms with Crippen molar-refractivity contribution in [2.45, 2.75) is 93.9 Å². The van der Waals surface area contributed by atoms with Crippen molar-refractivity contribution in [2.75, 3.05) is 30.1 Å². The second-order valence-corrected chi connectivity index (χ2v) is 21.7. The molecule has 0 spiro atoms. The molecule has 0 bridgehead atoms. The Morgan fingerprint density at radius 1 is 0.662 bits per heavy atom. The Balaban J connectivity index is 0.000000179. The second kappa shape index (κ2) is 19.9. The van der Waals surface area contributed by atoms with E-state index in [1.165, 1.54) is 22.6 Å². The number of aromatic nitrogens is 2. The van der Waals surface area contributed by atoms with E-state index in [2.05, 4.69) is 47.5 Å². The lowest BCUT2D eigenvalue weighted by Crippen LogP contribution is -2.57. The molecular weight excluding hydrogens is 960 g/mol. The Labute approximate surface area is 425 Å². The van der Waals surface area contributed by atoms with E-state index in [0.29, 0.717) is 18.4 Å². The van der Waals surface area contributed by atoms with Crippen LogP contribution in [0, 0.1) is 5.41 Å². The average molecular weight is 1020 g/mol. The first kappa shape index (κ1) is 49.4. The summed E-state index contributed by atoms with van der Waals surface area (Å²) >= 11 is 10.1. The predicted molar refractivity (Wildman–Crippen MR) is 276 cm³/mol. The smallest absolute Gasteiger partial charge is 0.314 e. The third-order valence-electron chi connectivity index (χ3n) is 13.0. The second-order valence-electron chi connectivity index (χ2n) is 19.2. The molecule has 10 rings (SSSR count). The third-order valence-corrected chi connectivity index (χ3v) is 15.6. The van der Waals surface area contributed by atoms with Crippen LogP contribution in [0.4, 0.5) is 0 Å². The van der Waals surface area contributed by atoms with Crippen LogP contribution in [0.15, 0.2) is 135 Å². The highest BCUT2D eigenvalue weighted by Gasteiger charge is 2.42. The zero-order valence-corrected chi connectivity index (χ0v) is 42.9. The molecule has 14 nitrogen and oxygen atoms in total. The van der Waals surface area contributed by atoms with Gasteiger partial charge >= 0.3 is 5.97 Å². The molecule has 4 aliphatic heterocycles. The number of amides is 2. The molecule has 0 saturated carbocycles. The summed E-state index contributed by atoms with van der Waals surface area (Å²) in [6.07, 6.45) is 3.20. The van der Waals surface area contributed by atoms with Crippen molar-refractivity contribution in [1.29, 1.82) is 0 Å². The number of pyridine rings is 2. The van der Waals surface area contributed by atoms with Crippen LogP contribution < -0.4 is 25.6 Å². The van der Waals surface area contributed by atoms with Crippen LogP contribution >= 0.6 is 35.1 Å². The van der Waals surface area contributed by atoms with Gasteiger partial charge in [0, 0.05) is 62.9 Å². The zero-order chi connectivity index (χ0) is 50.5. The minimum Gasteiger partial charge on any atom is -0.502 e. The molecule has 0 saturated heterocycles. The normalized spacial score (nSPS) is 17.2. The molecule has 2 unspecified atom stereocenters. The standard InChI is InChI=1S/C30H33N3O5S.C24H22ClN3O3S/c1-19(2)31-17-33(25-21-11-7-6-10-20(21)16-39-24-13-9-8-12-22(24)25)32-15-14-23(34)27(26(32)28(31)35)37-18-38-29(36)30(3,4)5;1-14(2)26-13-28(27-11-10-19(29)23(30)22(27)24(26)31)21-15-7-5-8-18(25)17(15)12-32-20-9-4-3-6-16(20)21/h6-15,19,25H,16-18H2,1-5H3;3-11,14,21,30H,12-13H2,1-2H3. The number of fused-ring (bicyclic) bond motifs is 6. The number of carbonyl (C=O) groups is 3. The van der Waals surface area contributed by atoms with Gasteiger partial charge in [-0.1, -0.05) is 84.4 Å². The summed E-state index contributed by atoms with van der Waals surface area (Å²) in [4.78, 5) is 70.3. The fraction of sp³-hybridized carbons (Fsp3) is 0.315. The number of rotatable bonds is 7. The van der Waals surface area contributed by atoms with Gasteiger partial charge in [0.05, 0.1) is 17.5 Å². The van der Waals surface area contributed by atoms with Gasteiger partial charge in [0.15, 0.2) is 17.1 Å². The molecule has 6 heterocycles. The van der Waals surface area contributed by atoms with Crippen molar-refractivity contribution >= 4 is 52.9 Å². The van der Waals surface area contributed by atoms with Crippen LogP contribution in [-0.4, -0.2) is 74.3 Å². The highest BCUT2D eigenvalue weighted by Crippen LogP contribution is 2.46. The number of aromatic hydroxyl groups is 1. The van der Waals surface area contributed by atoms with E-state index < -0.39 is 34.8 Å². The minimum absolute atomic E-state index is 0.0181. The van der Waals surface area contributed by atoms with E-state index in [1.807, 2.05) is 81.2 Å². The SMILES string of the molecule is CC(C)N1CN(C2c3ccccc3CSc3ccccc32)n2ccc(=O)c(OCOC(=O)C(C)(C)C)c2C1=O.CC(C)N1CN(C2c3ccccc3SCc3c(Cl)cccc32)n2ccc(=O)c(O)c2C1=O. The third kappa shape index (κ3) is 9.28. The number of hydrogen-bond acceptors (Lipinski definition) is 12. The predicted octanol–water partition coefficient (Wildman–Crippen LogP) is 9.29. The van der Waals surface area contributed by atoms with Crippen molar-refractivity contribution in [3.8, 4) is 11.5 Å². The lowest BCUT2D eigenvalue weighted by molar-refractivity contribution is -0.159. The van der Waals surface area contributed by atoms with Crippen molar-refractivity contribution in [3.63, 3.8) is 0 Å². The number of halogens is 1. The molecule has 71 heavy (non-hydrogen) atoms.